The fraction of sp³-hybridized carbons (Fsp3) is 0.545. The van der Waals surface area contributed by atoms with Gasteiger partial charge in [0.15, 0.2) is 11.6 Å². The molecule has 2 atom stereocenters. The minimum absolute atomic E-state index is 0.0186. The van der Waals surface area contributed by atoms with E-state index in [0.717, 1.165) is 23.1 Å². The van der Waals surface area contributed by atoms with Crippen molar-refractivity contribution in [3.05, 3.63) is 81.4 Å². The number of ketones is 3. The summed E-state index contributed by atoms with van der Waals surface area (Å²) in [5.74, 6) is 0.0932. The second-order valence-corrected chi connectivity index (χ2v) is 14.0. The minimum Gasteiger partial charge on any atom is -0.349 e. The van der Waals surface area contributed by atoms with E-state index in [1.54, 1.807) is 19.1 Å². The maximum Gasteiger partial charge on any atom is 0.223 e. The molecule has 0 aliphatic carbocycles. The summed E-state index contributed by atoms with van der Waals surface area (Å²) in [7, 11) is 0. The Morgan fingerprint density at radius 3 is 1.74 bits per heavy atom. The molecular formula is C44H68N2O4. The average Bonchev–Trinajstić information content (AvgIpc) is 3.00. The van der Waals surface area contributed by atoms with Gasteiger partial charge in [-0.25, -0.2) is 0 Å². The summed E-state index contributed by atoms with van der Waals surface area (Å²) in [5.41, 5.74) is 9.71. The minimum atomic E-state index is -0.315. The van der Waals surface area contributed by atoms with Crippen LogP contribution in [0.2, 0.25) is 0 Å². The number of nitrogens with zero attached hydrogens (tertiary/aromatic N) is 1. The fourth-order valence-electron chi connectivity index (χ4n) is 6.21. The van der Waals surface area contributed by atoms with E-state index >= 15 is 0 Å². The lowest BCUT2D eigenvalue weighted by Gasteiger charge is -2.25. The number of nitrogens with one attached hydrogen (secondary N) is 1. The molecule has 1 unspecified atom stereocenters. The van der Waals surface area contributed by atoms with Crippen LogP contribution in [0.3, 0.4) is 0 Å². The van der Waals surface area contributed by atoms with Crippen LogP contribution in [0.1, 0.15) is 128 Å². The Kier molecular flexibility index (Phi) is 22.0. The lowest BCUT2D eigenvalue weighted by Crippen LogP contribution is -2.34. The fourth-order valence-corrected chi connectivity index (χ4v) is 6.21. The molecule has 0 saturated heterocycles. The van der Waals surface area contributed by atoms with Crippen molar-refractivity contribution < 1.29 is 19.2 Å². The zero-order valence-electron chi connectivity index (χ0n) is 34.1. The number of amides is 1. The third-order valence-corrected chi connectivity index (χ3v) is 8.78. The van der Waals surface area contributed by atoms with Crippen LogP contribution >= 0.6 is 0 Å². The summed E-state index contributed by atoms with van der Waals surface area (Å²) in [6, 6.07) is 8.49. The summed E-state index contributed by atoms with van der Waals surface area (Å²) < 4.78 is 0. The molecule has 1 amide bonds. The van der Waals surface area contributed by atoms with Gasteiger partial charge in [0, 0.05) is 12.3 Å². The molecule has 2 aromatic rings. The van der Waals surface area contributed by atoms with Crippen molar-refractivity contribution in [2.24, 2.45) is 11.8 Å². The van der Waals surface area contributed by atoms with Crippen LogP contribution in [-0.4, -0.2) is 47.8 Å². The first kappa shape index (κ1) is 46.4. The van der Waals surface area contributed by atoms with Gasteiger partial charge in [-0.1, -0.05) is 77.5 Å². The Bertz CT molecular complexity index is 1440. The zero-order chi connectivity index (χ0) is 38.7. The summed E-state index contributed by atoms with van der Waals surface area (Å²) in [4.78, 5) is 49.0. The highest BCUT2D eigenvalue weighted by Gasteiger charge is 2.24. The number of aryl methyl sites for hydroxylation is 4. The Balaban J connectivity index is 0.00000103. The Labute approximate surface area is 305 Å². The molecular weight excluding hydrogens is 620 g/mol. The van der Waals surface area contributed by atoms with Crippen molar-refractivity contribution in [2.75, 3.05) is 19.6 Å². The molecule has 0 spiro atoms. The molecule has 0 saturated carbocycles. The van der Waals surface area contributed by atoms with E-state index in [0.29, 0.717) is 12.3 Å². The van der Waals surface area contributed by atoms with E-state index in [2.05, 4.69) is 104 Å². The van der Waals surface area contributed by atoms with E-state index in [4.69, 9.17) is 0 Å². The van der Waals surface area contributed by atoms with Crippen molar-refractivity contribution in [3.8, 4) is 11.1 Å². The zero-order valence-corrected chi connectivity index (χ0v) is 34.1. The number of carbonyl (C=O) groups excluding carboxylic acids is 4. The number of carbonyl (C=O) groups is 4. The number of allylic oxidation sites excluding steroid dienone is 4. The Hall–Kier alpha value is -3.64. The lowest BCUT2D eigenvalue weighted by atomic mass is 9.87. The molecule has 6 nitrogen and oxygen atoms in total. The monoisotopic (exact) mass is 689 g/mol. The number of hydrogen-bond donors (Lipinski definition) is 1. The summed E-state index contributed by atoms with van der Waals surface area (Å²) in [5, 5.41) is 3.20. The van der Waals surface area contributed by atoms with Crippen molar-refractivity contribution in [1.29, 1.82) is 0 Å². The van der Waals surface area contributed by atoms with E-state index in [1.165, 1.54) is 73.8 Å². The molecule has 0 aliphatic rings. The van der Waals surface area contributed by atoms with Gasteiger partial charge in [0.1, 0.15) is 5.78 Å². The molecule has 278 valence electrons. The quantitative estimate of drug-likeness (QED) is 0.0872. The van der Waals surface area contributed by atoms with E-state index < -0.39 is 0 Å². The van der Waals surface area contributed by atoms with E-state index in [9.17, 15) is 19.2 Å². The van der Waals surface area contributed by atoms with Gasteiger partial charge in [-0.15, -0.1) is 0 Å². The first-order chi connectivity index (χ1) is 23.3. The van der Waals surface area contributed by atoms with Gasteiger partial charge in [0.25, 0.3) is 0 Å². The molecule has 0 radical (unpaired) electrons. The summed E-state index contributed by atoms with van der Waals surface area (Å²) in [6.07, 6.45) is 7.39. The lowest BCUT2D eigenvalue weighted by molar-refractivity contribution is -0.126. The molecule has 50 heavy (non-hydrogen) atoms. The van der Waals surface area contributed by atoms with Crippen molar-refractivity contribution >= 4 is 23.3 Å². The molecule has 0 heterocycles. The number of benzene rings is 2. The third kappa shape index (κ3) is 16.4. The van der Waals surface area contributed by atoms with Gasteiger partial charge >= 0.3 is 0 Å². The van der Waals surface area contributed by atoms with Crippen LogP contribution in [0.25, 0.3) is 11.1 Å². The number of hydrogen-bond acceptors (Lipinski definition) is 5. The molecule has 0 aliphatic heterocycles. The van der Waals surface area contributed by atoms with Crippen molar-refractivity contribution in [3.63, 3.8) is 0 Å². The van der Waals surface area contributed by atoms with Crippen LogP contribution in [0.5, 0.6) is 0 Å². The highest BCUT2D eigenvalue weighted by molar-refractivity contribution is 6.18. The van der Waals surface area contributed by atoms with Crippen LogP contribution in [0.4, 0.5) is 0 Å². The first-order valence-electron chi connectivity index (χ1n) is 18.4. The molecule has 6 heteroatoms. The Morgan fingerprint density at radius 1 is 0.800 bits per heavy atom. The number of Topliss-reactive ketones (excluding diaryl/α,β-unsaturated/α-hetero) is 3. The summed E-state index contributed by atoms with van der Waals surface area (Å²) in [6.45, 7) is 33.3. The van der Waals surface area contributed by atoms with Crippen LogP contribution in [0.15, 0.2) is 48.1 Å². The highest BCUT2D eigenvalue weighted by atomic mass is 16.2. The van der Waals surface area contributed by atoms with Crippen molar-refractivity contribution in [2.45, 2.75) is 129 Å². The molecule has 2 aromatic carbocycles. The topological polar surface area (TPSA) is 83.5 Å². The largest absolute Gasteiger partial charge is 0.349 e. The summed E-state index contributed by atoms with van der Waals surface area (Å²) >= 11 is 0. The highest BCUT2D eigenvalue weighted by Crippen LogP contribution is 2.34. The smallest absolute Gasteiger partial charge is 0.223 e. The van der Waals surface area contributed by atoms with Gasteiger partial charge in [0.2, 0.25) is 5.91 Å². The second kappa shape index (κ2) is 23.7. The van der Waals surface area contributed by atoms with Crippen LogP contribution < -0.4 is 5.32 Å². The van der Waals surface area contributed by atoms with Crippen LogP contribution in [0, 0.1) is 46.5 Å². The number of rotatable bonds is 15. The Morgan fingerprint density at radius 2 is 1.34 bits per heavy atom. The predicted octanol–water partition coefficient (Wildman–Crippen LogP) is 10.1. The SMILES string of the molecule is C/C=C\C=C(C(C)=O)C(C)=O.CC(=O)CC(NC(=O)[C@@H](C)CC(C)C)c1cc(-c2c(C)cc(C)cc2C)cc(C)c1C.CCCN(CC)CC. The predicted molar refractivity (Wildman–Crippen MR) is 213 cm³/mol. The molecule has 2 rings (SSSR count). The molecule has 1 N–H and O–H groups in total. The normalized spacial score (nSPS) is 12.0. The van der Waals surface area contributed by atoms with Gasteiger partial charge in [0.05, 0.1) is 11.6 Å². The van der Waals surface area contributed by atoms with E-state index in [1.807, 2.05) is 13.8 Å². The van der Waals surface area contributed by atoms with Crippen molar-refractivity contribution in [1.82, 2.24) is 10.2 Å². The maximum atomic E-state index is 12.9. The van der Waals surface area contributed by atoms with Crippen LogP contribution in [-0.2, 0) is 19.2 Å². The third-order valence-electron chi connectivity index (χ3n) is 8.78. The maximum absolute atomic E-state index is 12.9. The van der Waals surface area contributed by atoms with Gasteiger partial charge < -0.3 is 10.2 Å². The van der Waals surface area contributed by atoms with Gasteiger partial charge in [-0.3, -0.25) is 19.2 Å². The molecule has 0 fully saturated rings. The van der Waals surface area contributed by atoms with Gasteiger partial charge in [-0.2, -0.15) is 0 Å². The molecule has 0 aromatic heterocycles. The molecule has 0 bridgehead atoms. The first-order valence-corrected chi connectivity index (χ1v) is 18.4. The second-order valence-electron chi connectivity index (χ2n) is 14.0. The average molecular weight is 689 g/mol. The van der Waals surface area contributed by atoms with Gasteiger partial charge in [-0.05, 0) is 152 Å². The van der Waals surface area contributed by atoms with E-state index in [-0.39, 0.29) is 40.8 Å². The standard InChI is InChI=1S/C28H39NO2.C9H12O2.C7H17N/c1-16(2)10-21(7)28(31)29-26(14-22(8)30)25-15-24(13-18(4)23(25)9)27-19(5)11-17(3)12-20(27)6;1-4-5-6-9(7(2)10)8(3)11;1-4-7-8(5-2)6-3/h11-13,15-16,21,26H,10,14H2,1-9H3,(H,29,31);4-6H,1-3H3;4-7H2,1-3H3/b;5-4-;/t21-,26?;;/m0../s1.